The topological polar surface area (TPSA) is 145 Å². The molecule has 0 fully saturated rings. The number of nitrogens with zero attached hydrogens (tertiary/aromatic N) is 1. The molecule has 33 heavy (non-hydrogen) atoms. The quantitative estimate of drug-likeness (QED) is 0.355. The summed E-state index contributed by atoms with van der Waals surface area (Å²) in [5, 5.41) is 17.0. The molecule has 0 bridgehead atoms. The maximum Gasteiger partial charge on any atom is 0.253 e. The smallest absolute Gasteiger partial charge is 0.253 e. The Morgan fingerprint density at radius 1 is 0.939 bits per heavy atom. The van der Waals surface area contributed by atoms with E-state index in [-0.39, 0.29) is 31.9 Å². The molecule has 2 atom stereocenters. The van der Waals surface area contributed by atoms with E-state index in [1.54, 1.807) is 38.1 Å². The molecule has 0 aromatic heterocycles. The Morgan fingerprint density at radius 2 is 1.55 bits per heavy atom. The van der Waals surface area contributed by atoms with E-state index in [0.29, 0.717) is 11.3 Å². The summed E-state index contributed by atoms with van der Waals surface area (Å²) in [5.41, 5.74) is 1.23. The van der Waals surface area contributed by atoms with Crippen LogP contribution in [0.25, 0.3) is 0 Å². The van der Waals surface area contributed by atoms with Crippen molar-refractivity contribution in [3.63, 3.8) is 0 Å². The van der Waals surface area contributed by atoms with Gasteiger partial charge in [0.05, 0.1) is 6.61 Å². The normalized spacial score (nSPS) is 14.9. The van der Waals surface area contributed by atoms with Gasteiger partial charge in [-0.3, -0.25) is 28.9 Å². The summed E-state index contributed by atoms with van der Waals surface area (Å²) in [4.78, 5) is 61.6. The van der Waals surface area contributed by atoms with E-state index in [9.17, 15) is 24.0 Å². The number of rotatable bonds is 11. The molecule has 1 aromatic rings. The molecule has 5 amide bonds. The molecule has 2 rings (SSSR count). The highest BCUT2D eigenvalue weighted by Crippen LogP contribution is 2.11. The Balaban J connectivity index is 1.83. The summed E-state index contributed by atoms with van der Waals surface area (Å²) >= 11 is 0. The molecule has 10 heteroatoms. The van der Waals surface area contributed by atoms with E-state index in [1.807, 2.05) is 0 Å². The lowest BCUT2D eigenvalue weighted by Crippen LogP contribution is -2.53. The van der Waals surface area contributed by atoms with Crippen LogP contribution in [0.4, 0.5) is 5.69 Å². The van der Waals surface area contributed by atoms with Crippen molar-refractivity contribution >= 4 is 35.2 Å². The number of imide groups is 1. The van der Waals surface area contributed by atoms with Gasteiger partial charge >= 0.3 is 0 Å². The molecule has 4 N–H and O–H groups in total. The van der Waals surface area contributed by atoms with E-state index in [0.717, 1.165) is 4.90 Å². The Labute approximate surface area is 192 Å². The Kier molecular flexibility index (Phi) is 9.29. The fraction of sp³-hybridized carbons (Fsp3) is 0.435. The van der Waals surface area contributed by atoms with E-state index in [1.165, 1.54) is 19.1 Å². The van der Waals surface area contributed by atoms with Gasteiger partial charge in [0.15, 0.2) is 0 Å². The zero-order valence-corrected chi connectivity index (χ0v) is 19.0. The van der Waals surface area contributed by atoms with Gasteiger partial charge in [-0.25, -0.2) is 0 Å². The highest BCUT2D eigenvalue weighted by Gasteiger charge is 2.27. The van der Waals surface area contributed by atoms with Crippen molar-refractivity contribution in [2.75, 3.05) is 11.9 Å². The van der Waals surface area contributed by atoms with Crippen molar-refractivity contribution in [3.8, 4) is 0 Å². The van der Waals surface area contributed by atoms with Gasteiger partial charge < -0.3 is 21.1 Å². The van der Waals surface area contributed by atoms with Crippen molar-refractivity contribution in [2.24, 2.45) is 5.92 Å². The average molecular weight is 459 g/mol. The third-order valence-corrected chi connectivity index (χ3v) is 5.11. The first kappa shape index (κ1) is 25.7. The van der Waals surface area contributed by atoms with Gasteiger partial charge in [0.25, 0.3) is 11.8 Å². The molecule has 0 aliphatic carbocycles. The minimum absolute atomic E-state index is 0.0352. The van der Waals surface area contributed by atoms with Gasteiger partial charge in [-0.1, -0.05) is 26.0 Å². The third kappa shape index (κ3) is 7.53. The van der Waals surface area contributed by atoms with Crippen LogP contribution in [0.15, 0.2) is 36.4 Å². The van der Waals surface area contributed by atoms with Crippen LogP contribution in [0.1, 0.15) is 39.2 Å². The summed E-state index contributed by atoms with van der Waals surface area (Å²) in [6, 6.07) is 4.94. The molecule has 1 heterocycles. The lowest BCUT2D eigenvalue weighted by atomic mass is 10.0. The number of hydrogen-bond acceptors (Lipinski definition) is 6. The van der Waals surface area contributed by atoms with Crippen LogP contribution in [0.5, 0.6) is 0 Å². The lowest BCUT2D eigenvalue weighted by Gasteiger charge is -2.24. The second-order valence-electron chi connectivity index (χ2n) is 8.13. The van der Waals surface area contributed by atoms with Gasteiger partial charge in [-0.2, -0.15) is 0 Å². The van der Waals surface area contributed by atoms with Crippen molar-refractivity contribution in [1.82, 2.24) is 15.5 Å². The number of anilines is 1. The molecule has 0 spiro atoms. The minimum atomic E-state index is -0.854. The number of aliphatic hydroxyl groups excluding tert-OH is 1. The van der Waals surface area contributed by atoms with Crippen LogP contribution in [-0.4, -0.2) is 58.2 Å². The predicted octanol–water partition coefficient (Wildman–Crippen LogP) is 0.468. The van der Waals surface area contributed by atoms with Gasteiger partial charge in [0.1, 0.15) is 12.1 Å². The molecule has 0 radical (unpaired) electrons. The van der Waals surface area contributed by atoms with E-state index < -0.39 is 41.6 Å². The molecular formula is C23H30N4O6. The number of carbonyl (C=O) groups excluding carboxylic acids is 5. The molecule has 10 nitrogen and oxygen atoms in total. The van der Waals surface area contributed by atoms with Gasteiger partial charge in [0.2, 0.25) is 17.7 Å². The number of carbonyl (C=O) groups is 5. The largest absolute Gasteiger partial charge is 0.392 e. The number of amides is 5. The Bertz CT molecular complexity index is 907. The van der Waals surface area contributed by atoms with E-state index in [2.05, 4.69) is 16.0 Å². The first-order chi connectivity index (χ1) is 15.6. The number of aliphatic hydroxyl groups is 1. The summed E-state index contributed by atoms with van der Waals surface area (Å²) in [7, 11) is 0. The van der Waals surface area contributed by atoms with Crippen molar-refractivity contribution in [1.29, 1.82) is 0 Å². The SMILES string of the molecule is CC(C)[C@H](NC(=O)CCCN1C(=O)C=CC1=O)C(=O)N[C@@H](C)C(=O)Nc1ccc(CO)cc1. The molecule has 1 aromatic carbocycles. The van der Waals surface area contributed by atoms with Gasteiger partial charge in [-0.05, 0) is 37.0 Å². The molecule has 1 aliphatic heterocycles. The molecular weight excluding hydrogens is 428 g/mol. The summed E-state index contributed by atoms with van der Waals surface area (Å²) in [6.07, 6.45) is 2.67. The zero-order valence-electron chi connectivity index (χ0n) is 19.0. The first-order valence-electron chi connectivity index (χ1n) is 10.8. The molecule has 0 saturated carbocycles. The van der Waals surface area contributed by atoms with E-state index >= 15 is 0 Å². The molecule has 178 valence electrons. The Hall–Kier alpha value is -3.53. The Morgan fingerprint density at radius 3 is 2.09 bits per heavy atom. The standard InChI is InChI=1S/C23H30N4O6/c1-14(2)21(26-18(29)5-4-12-27-19(30)10-11-20(27)31)23(33)24-15(3)22(32)25-17-8-6-16(13-28)7-9-17/h6-11,14-15,21,28H,4-5,12-13H2,1-3H3,(H,24,33)(H,25,32)(H,26,29)/t15-,21-/m0/s1. The molecule has 1 aliphatic rings. The number of nitrogens with one attached hydrogen (secondary N) is 3. The highest BCUT2D eigenvalue weighted by molar-refractivity contribution is 6.12. The third-order valence-electron chi connectivity index (χ3n) is 5.11. The van der Waals surface area contributed by atoms with Crippen LogP contribution >= 0.6 is 0 Å². The summed E-state index contributed by atoms with van der Waals surface area (Å²) < 4.78 is 0. The molecule has 0 unspecified atom stereocenters. The monoisotopic (exact) mass is 458 g/mol. The highest BCUT2D eigenvalue weighted by atomic mass is 16.3. The van der Waals surface area contributed by atoms with Crippen molar-refractivity contribution in [3.05, 3.63) is 42.0 Å². The summed E-state index contributed by atoms with van der Waals surface area (Å²) in [6.45, 7) is 5.09. The zero-order chi connectivity index (χ0) is 24.5. The molecule has 0 saturated heterocycles. The van der Waals surface area contributed by atoms with Gasteiger partial charge in [-0.15, -0.1) is 0 Å². The van der Waals surface area contributed by atoms with Crippen LogP contribution in [0.3, 0.4) is 0 Å². The van der Waals surface area contributed by atoms with E-state index in [4.69, 9.17) is 5.11 Å². The number of hydrogen-bond donors (Lipinski definition) is 4. The lowest BCUT2D eigenvalue weighted by molar-refractivity contribution is -0.137. The minimum Gasteiger partial charge on any atom is -0.392 e. The van der Waals surface area contributed by atoms with Crippen LogP contribution in [0, 0.1) is 5.92 Å². The fourth-order valence-corrected chi connectivity index (χ4v) is 3.14. The van der Waals surface area contributed by atoms with Crippen LogP contribution < -0.4 is 16.0 Å². The van der Waals surface area contributed by atoms with Crippen molar-refractivity contribution in [2.45, 2.75) is 52.3 Å². The second kappa shape index (κ2) is 11.9. The van der Waals surface area contributed by atoms with Gasteiger partial charge in [0, 0.05) is 30.8 Å². The average Bonchev–Trinajstić information content (AvgIpc) is 3.09. The number of benzene rings is 1. The fourth-order valence-electron chi connectivity index (χ4n) is 3.14. The predicted molar refractivity (Wildman–Crippen MR) is 120 cm³/mol. The second-order valence-corrected chi connectivity index (χ2v) is 8.13. The maximum absolute atomic E-state index is 12.7. The van der Waals surface area contributed by atoms with Crippen LogP contribution in [0.2, 0.25) is 0 Å². The van der Waals surface area contributed by atoms with Crippen LogP contribution in [-0.2, 0) is 30.6 Å². The van der Waals surface area contributed by atoms with Crippen molar-refractivity contribution < 1.29 is 29.1 Å². The summed E-state index contributed by atoms with van der Waals surface area (Å²) in [5.74, 6) is -2.36. The maximum atomic E-state index is 12.7. The first-order valence-corrected chi connectivity index (χ1v) is 10.8.